The summed E-state index contributed by atoms with van der Waals surface area (Å²) in [7, 11) is 0. The number of ether oxygens (including phenoxy) is 2. The first-order valence-electron chi connectivity index (χ1n) is 7.27. The topological polar surface area (TPSA) is 35.5 Å². The molecular weight excluding hydrogens is 252 g/mol. The molecule has 0 N–H and O–H groups in total. The number of carbonyl (C=O) groups is 1. The molecule has 2 aliphatic rings. The predicted octanol–water partition coefficient (Wildman–Crippen LogP) is 3.84. The largest absolute Gasteiger partial charge is 0.435 e. The first kappa shape index (κ1) is 14.8. The summed E-state index contributed by atoms with van der Waals surface area (Å²) in [6.07, 6.45) is 14.4. The summed E-state index contributed by atoms with van der Waals surface area (Å²) in [6, 6.07) is 0. The van der Waals surface area contributed by atoms with E-state index in [0.29, 0.717) is 12.2 Å². The van der Waals surface area contributed by atoms with Gasteiger partial charge in [0, 0.05) is 0 Å². The Kier molecular flexibility index (Phi) is 5.81. The van der Waals surface area contributed by atoms with Gasteiger partial charge in [0.25, 0.3) is 0 Å². The number of esters is 1. The average Bonchev–Trinajstić information content (AvgIpc) is 3.13. The minimum absolute atomic E-state index is 0.0193. The second kappa shape index (κ2) is 7.85. The van der Waals surface area contributed by atoms with Crippen LogP contribution in [0.5, 0.6) is 0 Å². The second-order valence-corrected chi connectivity index (χ2v) is 5.06. The summed E-state index contributed by atoms with van der Waals surface area (Å²) in [5.74, 6) is -0.282. The Balaban J connectivity index is 2.02. The summed E-state index contributed by atoms with van der Waals surface area (Å²) < 4.78 is 10.3. The molecule has 0 spiro atoms. The molecule has 0 bridgehead atoms. The number of rotatable bonds is 7. The van der Waals surface area contributed by atoms with Crippen molar-refractivity contribution in [1.29, 1.82) is 0 Å². The Bertz CT molecular complexity index is 455. The average molecular weight is 274 g/mol. The van der Waals surface area contributed by atoms with Gasteiger partial charge in [0.1, 0.15) is 0 Å². The van der Waals surface area contributed by atoms with Gasteiger partial charge in [0.2, 0.25) is 0 Å². The summed E-state index contributed by atoms with van der Waals surface area (Å²) in [5, 5.41) is 0. The van der Waals surface area contributed by atoms with Crippen molar-refractivity contribution in [2.75, 3.05) is 13.4 Å². The Hall–Kier alpha value is -1.61. The van der Waals surface area contributed by atoms with Crippen LogP contribution in [0.25, 0.3) is 0 Å². The fourth-order valence-electron chi connectivity index (χ4n) is 2.51. The molecule has 3 heteroatoms. The smallest absolute Gasteiger partial charge is 0.340 e. The van der Waals surface area contributed by atoms with Crippen LogP contribution in [0.3, 0.4) is 0 Å². The molecule has 0 aliphatic heterocycles. The quantitative estimate of drug-likeness (QED) is 0.233. The van der Waals surface area contributed by atoms with Crippen LogP contribution in [0.1, 0.15) is 38.5 Å². The number of hydrogen-bond donors (Lipinski definition) is 0. The SMILES string of the molecule is C=CCOCOC(=O)C(=CC1=CCCC1)C1=CCCC1. The minimum atomic E-state index is -0.282. The molecule has 0 heterocycles. The summed E-state index contributed by atoms with van der Waals surface area (Å²) in [4.78, 5) is 12.2. The highest BCUT2D eigenvalue weighted by Crippen LogP contribution is 2.29. The van der Waals surface area contributed by atoms with E-state index in [1.54, 1.807) is 6.08 Å². The Morgan fingerprint density at radius 1 is 1.25 bits per heavy atom. The van der Waals surface area contributed by atoms with E-state index < -0.39 is 0 Å². The molecule has 0 amide bonds. The molecule has 0 aromatic rings. The lowest BCUT2D eigenvalue weighted by molar-refractivity contribution is -0.150. The third kappa shape index (κ3) is 4.20. The molecule has 0 unspecified atom stereocenters. The first-order valence-corrected chi connectivity index (χ1v) is 7.27. The van der Waals surface area contributed by atoms with Crippen molar-refractivity contribution < 1.29 is 14.3 Å². The van der Waals surface area contributed by atoms with Crippen LogP contribution in [-0.4, -0.2) is 19.4 Å². The lowest BCUT2D eigenvalue weighted by atomic mass is 10.0. The van der Waals surface area contributed by atoms with Gasteiger partial charge >= 0.3 is 5.97 Å². The van der Waals surface area contributed by atoms with Crippen LogP contribution in [0.2, 0.25) is 0 Å². The third-order valence-corrected chi connectivity index (χ3v) is 3.52. The Labute approximate surface area is 120 Å². The van der Waals surface area contributed by atoms with Gasteiger partial charge in [0.15, 0.2) is 6.79 Å². The van der Waals surface area contributed by atoms with E-state index in [4.69, 9.17) is 9.47 Å². The zero-order valence-corrected chi connectivity index (χ0v) is 11.9. The van der Waals surface area contributed by atoms with Gasteiger partial charge in [-0.2, -0.15) is 0 Å². The molecule has 0 fully saturated rings. The molecule has 20 heavy (non-hydrogen) atoms. The standard InChI is InChI=1S/C17H22O3/c1-2-11-19-13-20-17(18)16(15-9-5-6-10-15)12-14-7-3-4-8-14/h2,7,9,12H,1,3-6,8,10-11,13H2. The van der Waals surface area contributed by atoms with Crippen molar-refractivity contribution >= 4 is 5.97 Å². The molecule has 0 atom stereocenters. The van der Waals surface area contributed by atoms with E-state index in [2.05, 4.69) is 18.7 Å². The minimum Gasteiger partial charge on any atom is -0.435 e. The van der Waals surface area contributed by atoms with Gasteiger partial charge < -0.3 is 9.47 Å². The summed E-state index contributed by atoms with van der Waals surface area (Å²) in [5.41, 5.74) is 3.07. The van der Waals surface area contributed by atoms with Crippen molar-refractivity contribution in [3.8, 4) is 0 Å². The summed E-state index contributed by atoms with van der Waals surface area (Å²) >= 11 is 0. The van der Waals surface area contributed by atoms with E-state index in [-0.39, 0.29) is 12.8 Å². The first-order chi connectivity index (χ1) is 9.81. The second-order valence-electron chi connectivity index (χ2n) is 5.06. The van der Waals surface area contributed by atoms with Crippen molar-refractivity contribution in [1.82, 2.24) is 0 Å². The number of allylic oxidation sites excluding steroid dienone is 4. The molecule has 0 saturated carbocycles. The maximum atomic E-state index is 12.2. The van der Waals surface area contributed by atoms with Crippen LogP contribution in [0, 0.1) is 0 Å². The number of hydrogen-bond acceptors (Lipinski definition) is 3. The lowest BCUT2D eigenvalue weighted by Gasteiger charge is -2.10. The van der Waals surface area contributed by atoms with E-state index in [0.717, 1.165) is 37.7 Å². The predicted molar refractivity (Wildman–Crippen MR) is 79.1 cm³/mol. The fraction of sp³-hybridized carbons (Fsp3) is 0.471. The van der Waals surface area contributed by atoms with Crippen LogP contribution in [0.15, 0.2) is 47.6 Å². The normalized spacial score (nSPS) is 18.7. The highest BCUT2D eigenvalue weighted by atomic mass is 16.7. The molecular formula is C17H22O3. The molecule has 0 aromatic carbocycles. The van der Waals surface area contributed by atoms with E-state index in [9.17, 15) is 4.79 Å². The molecule has 108 valence electrons. The molecule has 0 radical (unpaired) electrons. The van der Waals surface area contributed by atoms with Crippen LogP contribution in [-0.2, 0) is 14.3 Å². The summed E-state index contributed by atoms with van der Waals surface area (Å²) in [6.45, 7) is 3.92. The van der Waals surface area contributed by atoms with Gasteiger partial charge in [-0.3, -0.25) is 0 Å². The molecule has 0 saturated heterocycles. The van der Waals surface area contributed by atoms with Crippen LogP contribution >= 0.6 is 0 Å². The third-order valence-electron chi connectivity index (χ3n) is 3.52. The van der Waals surface area contributed by atoms with E-state index >= 15 is 0 Å². The maximum Gasteiger partial charge on any atom is 0.340 e. The molecule has 2 rings (SSSR count). The van der Waals surface area contributed by atoms with Crippen molar-refractivity contribution in [3.63, 3.8) is 0 Å². The molecule has 2 aliphatic carbocycles. The van der Waals surface area contributed by atoms with Gasteiger partial charge in [-0.05, 0) is 50.2 Å². The van der Waals surface area contributed by atoms with E-state index in [1.807, 2.05) is 6.08 Å². The highest BCUT2D eigenvalue weighted by Gasteiger charge is 2.19. The van der Waals surface area contributed by atoms with E-state index in [1.165, 1.54) is 12.0 Å². The van der Waals surface area contributed by atoms with Crippen LogP contribution in [0.4, 0.5) is 0 Å². The Morgan fingerprint density at radius 2 is 2.05 bits per heavy atom. The van der Waals surface area contributed by atoms with Gasteiger partial charge in [0.05, 0.1) is 12.2 Å². The lowest BCUT2D eigenvalue weighted by Crippen LogP contribution is -2.12. The van der Waals surface area contributed by atoms with Crippen LogP contribution < -0.4 is 0 Å². The zero-order valence-electron chi connectivity index (χ0n) is 11.9. The highest BCUT2D eigenvalue weighted by molar-refractivity contribution is 5.94. The fourth-order valence-corrected chi connectivity index (χ4v) is 2.51. The van der Waals surface area contributed by atoms with Crippen molar-refractivity contribution in [2.45, 2.75) is 38.5 Å². The zero-order chi connectivity index (χ0) is 14.2. The van der Waals surface area contributed by atoms with Gasteiger partial charge in [-0.25, -0.2) is 4.79 Å². The molecule has 0 aromatic heterocycles. The monoisotopic (exact) mass is 274 g/mol. The van der Waals surface area contributed by atoms with Crippen molar-refractivity contribution in [3.05, 3.63) is 47.6 Å². The number of carbonyl (C=O) groups excluding carboxylic acids is 1. The van der Waals surface area contributed by atoms with Crippen molar-refractivity contribution in [2.24, 2.45) is 0 Å². The van der Waals surface area contributed by atoms with Gasteiger partial charge in [-0.15, -0.1) is 6.58 Å². The van der Waals surface area contributed by atoms with Gasteiger partial charge in [-0.1, -0.05) is 23.8 Å². The molecule has 3 nitrogen and oxygen atoms in total. The Morgan fingerprint density at radius 3 is 2.70 bits per heavy atom. The maximum absolute atomic E-state index is 12.2.